The van der Waals surface area contributed by atoms with Crippen molar-refractivity contribution in [3.63, 3.8) is 0 Å². The van der Waals surface area contributed by atoms with Gasteiger partial charge in [-0.1, -0.05) is 13.0 Å². The van der Waals surface area contributed by atoms with Gasteiger partial charge >= 0.3 is 0 Å². The third-order valence-electron chi connectivity index (χ3n) is 6.14. The van der Waals surface area contributed by atoms with E-state index in [0.717, 1.165) is 5.56 Å². The number of aryl methyl sites for hydroxylation is 1. The maximum absolute atomic E-state index is 13.6. The lowest BCUT2D eigenvalue weighted by Crippen LogP contribution is -2.31. The zero-order valence-corrected chi connectivity index (χ0v) is 22.7. The van der Waals surface area contributed by atoms with Crippen molar-refractivity contribution >= 4 is 16.0 Å². The van der Waals surface area contributed by atoms with E-state index >= 15 is 0 Å². The number of anilines is 1. The Balaban J connectivity index is 1.81. The maximum atomic E-state index is 13.6. The molecule has 0 aliphatic heterocycles. The first-order valence-electron chi connectivity index (χ1n) is 11.7. The summed E-state index contributed by atoms with van der Waals surface area (Å²) in [5, 5.41) is 7.60. The molecule has 0 aliphatic carbocycles. The molecule has 4 aromatic rings. The monoisotopic (exact) mass is 539 g/mol. The van der Waals surface area contributed by atoms with E-state index in [1.807, 2.05) is 13.0 Å². The molecule has 0 fully saturated rings. The number of aromatic nitrogens is 6. The lowest BCUT2D eigenvalue weighted by Gasteiger charge is -2.21. The van der Waals surface area contributed by atoms with Gasteiger partial charge < -0.3 is 14.2 Å². The number of hydrogen-bond acceptors (Lipinski definition) is 10. The average molecular weight is 540 g/mol. The highest BCUT2D eigenvalue weighted by Gasteiger charge is 2.32. The van der Waals surface area contributed by atoms with Gasteiger partial charge in [0.15, 0.2) is 11.6 Å². The van der Waals surface area contributed by atoms with E-state index in [1.54, 1.807) is 49.0 Å². The van der Waals surface area contributed by atoms with Gasteiger partial charge in [0.1, 0.15) is 23.0 Å². The Morgan fingerprint density at radius 3 is 2.16 bits per heavy atom. The summed E-state index contributed by atoms with van der Waals surface area (Å²) in [6, 6.07) is 7.11. The van der Waals surface area contributed by atoms with Gasteiger partial charge in [0, 0.05) is 23.9 Å². The van der Waals surface area contributed by atoms with Crippen molar-refractivity contribution in [1.29, 1.82) is 0 Å². The topological polar surface area (TPSA) is 143 Å². The first kappa shape index (κ1) is 26.8. The molecule has 0 aliphatic rings. The molecule has 0 saturated heterocycles. The Labute approximate surface area is 221 Å². The molecule has 0 radical (unpaired) electrons. The van der Waals surface area contributed by atoms with Gasteiger partial charge in [-0.25, -0.2) is 18.4 Å². The number of hydrogen-bond donors (Lipinski definition) is 1. The number of para-hydroxylation sites is 1. The van der Waals surface area contributed by atoms with Gasteiger partial charge in [0.05, 0.1) is 39.0 Å². The van der Waals surface area contributed by atoms with Crippen molar-refractivity contribution in [1.82, 2.24) is 29.7 Å². The molecule has 0 amide bonds. The molecule has 200 valence electrons. The number of methoxy groups -OCH3 is 3. The van der Waals surface area contributed by atoms with Crippen LogP contribution in [0.2, 0.25) is 0 Å². The minimum atomic E-state index is -4.00. The number of sulfonamides is 1. The summed E-state index contributed by atoms with van der Waals surface area (Å²) in [5.74, 6) is 1.46. The zero-order valence-electron chi connectivity index (χ0n) is 21.9. The fraction of sp³-hybridized carbons (Fsp3) is 0.320. The molecule has 2 atom stereocenters. The third-order valence-corrected chi connectivity index (χ3v) is 7.99. The average Bonchev–Trinajstić information content (AvgIpc) is 3.33. The first-order valence-corrected chi connectivity index (χ1v) is 13.2. The van der Waals surface area contributed by atoms with Crippen molar-refractivity contribution in [2.24, 2.45) is 0 Å². The van der Waals surface area contributed by atoms with Crippen LogP contribution < -0.4 is 18.9 Å². The molecule has 0 saturated carbocycles. The fourth-order valence-electron chi connectivity index (χ4n) is 3.84. The Bertz CT molecular complexity index is 1500. The summed E-state index contributed by atoms with van der Waals surface area (Å²) in [6.45, 7) is 5.22. The second-order valence-electron chi connectivity index (χ2n) is 8.57. The highest BCUT2D eigenvalue weighted by atomic mass is 32.2. The number of rotatable bonds is 10. The molecule has 1 aromatic carbocycles. The number of ether oxygens (including phenoxy) is 3. The van der Waals surface area contributed by atoms with E-state index in [-0.39, 0.29) is 5.95 Å². The molecule has 0 bridgehead atoms. The van der Waals surface area contributed by atoms with E-state index < -0.39 is 21.2 Å². The van der Waals surface area contributed by atoms with Crippen LogP contribution in [-0.2, 0) is 10.0 Å². The molecule has 38 heavy (non-hydrogen) atoms. The number of nitrogens with zero attached hydrogens (tertiary/aromatic N) is 6. The summed E-state index contributed by atoms with van der Waals surface area (Å²) in [7, 11) is 0.528. The molecular weight excluding hydrogens is 510 g/mol. The normalized spacial score (nSPS) is 13.0. The summed E-state index contributed by atoms with van der Waals surface area (Å²) in [6.07, 6.45) is 6.33. The predicted molar refractivity (Wildman–Crippen MR) is 141 cm³/mol. The van der Waals surface area contributed by atoms with Crippen LogP contribution in [0.15, 0.2) is 49.1 Å². The Hall–Kier alpha value is -4.26. The van der Waals surface area contributed by atoms with Gasteiger partial charge in [-0.3, -0.25) is 14.3 Å². The van der Waals surface area contributed by atoms with E-state index in [1.165, 1.54) is 33.7 Å². The number of benzene rings is 1. The predicted octanol–water partition coefficient (Wildman–Crippen LogP) is 3.39. The van der Waals surface area contributed by atoms with Gasteiger partial charge in [-0.15, -0.1) is 10.2 Å². The molecule has 0 spiro atoms. The molecule has 4 rings (SSSR count). The molecule has 12 nitrogen and oxygen atoms in total. The van der Waals surface area contributed by atoms with Gasteiger partial charge in [-0.2, -0.15) is 0 Å². The summed E-state index contributed by atoms with van der Waals surface area (Å²) in [5.41, 5.74) is 1.95. The fourth-order valence-corrected chi connectivity index (χ4v) is 5.08. The zero-order chi connectivity index (χ0) is 27.4. The van der Waals surface area contributed by atoms with Crippen LogP contribution in [0.25, 0.3) is 17.1 Å². The van der Waals surface area contributed by atoms with Crippen LogP contribution in [0.1, 0.15) is 31.2 Å². The van der Waals surface area contributed by atoms with Crippen LogP contribution in [-0.4, -0.2) is 64.7 Å². The van der Waals surface area contributed by atoms with Crippen LogP contribution in [0.3, 0.4) is 0 Å². The SMILES string of the molecule is COc1cnc(C(C)C(C)S(=O)(=O)Nc2nnc(-c3cncc(C)c3)n2-c2c(OC)cccc2OC)nc1. The largest absolute Gasteiger partial charge is 0.494 e. The molecule has 3 aromatic heterocycles. The minimum absolute atomic E-state index is 0.0426. The van der Waals surface area contributed by atoms with Crippen LogP contribution in [0.4, 0.5) is 5.95 Å². The Kier molecular flexibility index (Phi) is 7.76. The molecule has 13 heteroatoms. The summed E-state index contributed by atoms with van der Waals surface area (Å²) < 4.78 is 47.6. The quantitative estimate of drug-likeness (QED) is 0.318. The highest BCUT2D eigenvalue weighted by Crippen LogP contribution is 2.38. The van der Waals surface area contributed by atoms with E-state index in [2.05, 4.69) is 29.9 Å². The Morgan fingerprint density at radius 2 is 1.58 bits per heavy atom. The number of nitrogens with one attached hydrogen (secondary N) is 1. The lowest BCUT2D eigenvalue weighted by atomic mass is 10.1. The standard InChI is InChI=1S/C25H29N7O5S/c1-15-10-18(12-26-11-15)24-29-30-25(32(24)22-20(36-5)8-7-9-21(22)37-6)31-38(33,34)17(3)16(2)23-27-13-19(35-4)14-28-23/h7-14,16-17H,1-6H3,(H,30,31). The minimum Gasteiger partial charge on any atom is -0.494 e. The first-order chi connectivity index (χ1) is 18.2. The van der Waals surface area contributed by atoms with Gasteiger partial charge in [0.2, 0.25) is 16.0 Å². The van der Waals surface area contributed by atoms with E-state index in [9.17, 15) is 8.42 Å². The van der Waals surface area contributed by atoms with Crippen molar-refractivity contribution < 1.29 is 22.6 Å². The molecule has 1 N–H and O–H groups in total. The summed E-state index contributed by atoms with van der Waals surface area (Å²) in [4.78, 5) is 12.8. The van der Waals surface area contributed by atoms with Crippen molar-refractivity contribution in [3.8, 4) is 34.3 Å². The molecule has 2 unspecified atom stereocenters. The second-order valence-corrected chi connectivity index (χ2v) is 10.6. The van der Waals surface area contributed by atoms with E-state index in [0.29, 0.717) is 40.1 Å². The van der Waals surface area contributed by atoms with Crippen LogP contribution in [0, 0.1) is 6.92 Å². The summed E-state index contributed by atoms with van der Waals surface area (Å²) >= 11 is 0. The third kappa shape index (κ3) is 5.23. The van der Waals surface area contributed by atoms with Crippen LogP contribution in [0.5, 0.6) is 17.2 Å². The Morgan fingerprint density at radius 1 is 0.921 bits per heavy atom. The van der Waals surface area contributed by atoms with Gasteiger partial charge in [-0.05, 0) is 37.6 Å². The maximum Gasteiger partial charge on any atom is 0.243 e. The van der Waals surface area contributed by atoms with Gasteiger partial charge in [0.25, 0.3) is 0 Å². The van der Waals surface area contributed by atoms with E-state index in [4.69, 9.17) is 14.2 Å². The van der Waals surface area contributed by atoms with Crippen molar-refractivity contribution in [2.45, 2.75) is 31.9 Å². The smallest absolute Gasteiger partial charge is 0.243 e. The highest BCUT2D eigenvalue weighted by molar-refractivity contribution is 7.93. The molecular formula is C25H29N7O5S. The van der Waals surface area contributed by atoms with Crippen LogP contribution >= 0.6 is 0 Å². The van der Waals surface area contributed by atoms with Crippen molar-refractivity contribution in [3.05, 3.63) is 60.4 Å². The lowest BCUT2D eigenvalue weighted by molar-refractivity contribution is 0.391. The second kappa shape index (κ2) is 11.0. The van der Waals surface area contributed by atoms with Crippen molar-refractivity contribution in [2.75, 3.05) is 26.1 Å². The number of pyridine rings is 1. The molecule has 3 heterocycles.